The molecule has 1 aromatic rings. The molecule has 0 unspecified atom stereocenters. The molecule has 1 aromatic carbocycles. The van der Waals surface area contributed by atoms with E-state index in [1.54, 1.807) is 13.8 Å². The highest BCUT2D eigenvalue weighted by Crippen LogP contribution is 2.24. The van der Waals surface area contributed by atoms with E-state index >= 15 is 0 Å². The third-order valence-corrected chi connectivity index (χ3v) is 7.91. The van der Waals surface area contributed by atoms with Gasteiger partial charge < -0.3 is 5.73 Å². The summed E-state index contributed by atoms with van der Waals surface area (Å²) in [5, 5.41) is 0. The molecule has 0 saturated heterocycles. The van der Waals surface area contributed by atoms with Crippen LogP contribution >= 0.6 is 12.4 Å². The third kappa shape index (κ3) is 5.64. The Morgan fingerprint density at radius 3 is 1.88 bits per heavy atom. The fraction of sp³-hybridized carbons (Fsp3) is 0.625. The van der Waals surface area contributed by atoms with Gasteiger partial charge in [-0.15, -0.1) is 12.4 Å². The van der Waals surface area contributed by atoms with Gasteiger partial charge in [0.05, 0.1) is 9.79 Å². The average Bonchev–Trinajstić information content (AvgIpc) is 2.55. The minimum Gasteiger partial charge on any atom is -0.330 e. The van der Waals surface area contributed by atoms with E-state index < -0.39 is 20.0 Å². The van der Waals surface area contributed by atoms with Crippen molar-refractivity contribution in [2.24, 2.45) is 11.1 Å². The van der Waals surface area contributed by atoms with Crippen LogP contribution in [0.5, 0.6) is 0 Å². The zero-order valence-corrected chi connectivity index (χ0v) is 18.4. The summed E-state index contributed by atoms with van der Waals surface area (Å²) in [6, 6.07) is 5.49. The van der Waals surface area contributed by atoms with Crippen molar-refractivity contribution in [3.8, 4) is 0 Å². The average molecular weight is 428 g/mol. The number of nitrogens with zero attached hydrogens (tertiary/aromatic N) is 2. The van der Waals surface area contributed by atoms with Crippen LogP contribution in [0.2, 0.25) is 0 Å². The lowest BCUT2D eigenvalue weighted by atomic mass is 9.94. The maximum atomic E-state index is 12.8. The molecule has 0 atom stereocenters. The molecule has 0 aliphatic carbocycles. The molecule has 7 nitrogen and oxygen atoms in total. The molecule has 0 fully saturated rings. The molecular weight excluding hydrogens is 398 g/mol. The van der Waals surface area contributed by atoms with Gasteiger partial charge in [-0.25, -0.2) is 21.1 Å². The summed E-state index contributed by atoms with van der Waals surface area (Å²) in [5.41, 5.74) is 5.29. The van der Waals surface area contributed by atoms with Crippen molar-refractivity contribution in [2.75, 3.05) is 33.2 Å². The van der Waals surface area contributed by atoms with E-state index in [1.165, 1.54) is 39.9 Å². The van der Waals surface area contributed by atoms with Crippen LogP contribution in [0.4, 0.5) is 0 Å². The number of nitrogens with two attached hydrogens (primary N) is 1. The molecule has 152 valence electrons. The van der Waals surface area contributed by atoms with E-state index in [1.807, 2.05) is 13.8 Å². The highest BCUT2D eigenvalue weighted by Gasteiger charge is 2.29. The number of hydrogen-bond donors (Lipinski definition) is 1. The fourth-order valence-corrected chi connectivity index (χ4v) is 5.42. The monoisotopic (exact) mass is 427 g/mol. The predicted octanol–water partition coefficient (Wildman–Crippen LogP) is 1.74. The molecule has 0 heterocycles. The molecule has 26 heavy (non-hydrogen) atoms. The summed E-state index contributed by atoms with van der Waals surface area (Å²) >= 11 is 0. The Balaban J connectivity index is 0.00000625. The first-order valence-electron chi connectivity index (χ1n) is 8.19. The Morgan fingerprint density at radius 2 is 1.46 bits per heavy atom. The predicted molar refractivity (Wildman–Crippen MR) is 106 cm³/mol. The van der Waals surface area contributed by atoms with Crippen LogP contribution in [0, 0.1) is 5.41 Å². The number of halogens is 1. The highest BCUT2D eigenvalue weighted by atomic mass is 35.5. The molecule has 0 aliphatic rings. The quantitative estimate of drug-likeness (QED) is 0.646. The SMILES string of the molecule is CCN(CC)S(=O)(=O)c1cccc(S(=O)(=O)N(C)CC(C)(C)CN)c1.Cl. The molecule has 2 N–H and O–H groups in total. The number of benzene rings is 1. The molecule has 1 rings (SSSR count). The zero-order valence-electron chi connectivity index (χ0n) is 16.0. The molecular formula is C16H30ClN3O4S2. The summed E-state index contributed by atoms with van der Waals surface area (Å²) in [4.78, 5) is -0.0696. The molecule has 0 amide bonds. The highest BCUT2D eigenvalue weighted by molar-refractivity contribution is 7.90. The van der Waals surface area contributed by atoms with Crippen LogP contribution in [0.3, 0.4) is 0 Å². The Morgan fingerprint density at radius 1 is 1.00 bits per heavy atom. The summed E-state index contributed by atoms with van der Waals surface area (Å²) in [6.07, 6.45) is 0. The van der Waals surface area contributed by atoms with E-state index in [-0.39, 0.29) is 34.2 Å². The minimum atomic E-state index is -3.81. The van der Waals surface area contributed by atoms with Gasteiger partial charge in [0, 0.05) is 26.7 Å². The molecule has 0 bridgehead atoms. The molecule has 0 saturated carbocycles. The minimum absolute atomic E-state index is 0. The van der Waals surface area contributed by atoms with E-state index in [9.17, 15) is 16.8 Å². The lowest BCUT2D eigenvalue weighted by Gasteiger charge is -2.28. The number of rotatable bonds is 9. The largest absolute Gasteiger partial charge is 0.330 e. The second-order valence-electron chi connectivity index (χ2n) is 6.69. The van der Waals surface area contributed by atoms with Crippen molar-refractivity contribution >= 4 is 32.5 Å². The van der Waals surface area contributed by atoms with Crippen LogP contribution < -0.4 is 5.73 Å². The van der Waals surface area contributed by atoms with E-state index in [2.05, 4.69) is 0 Å². The maximum absolute atomic E-state index is 12.8. The lowest BCUT2D eigenvalue weighted by Crippen LogP contribution is -2.39. The van der Waals surface area contributed by atoms with E-state index in [0.717, 1.165) is 0 Å². The Hall–Kier alpha value is -0.710. The normalized spacial score (nSPS) is 13.1. The van der Waals surface area contributed by atoms with Crippen molar-refractivity contribution < 1.29 is 16.8 Å². The fourth-order valence-electron chi connectivity index (χ4n) is 2.44. The molecule has 0 radical (unpaired) electrons. The first-order chi connectivity index (χ1) is 11.4. The van der Waals surface area contributed by atoms with Gasteiger partial charge in [-0.05, 0) is 30.2 Å². The van der Waals surface area contributed by atoms with Gasteiger partial charge in [-0.1, -0.05) is 33.8 Å². The molecule has 0 spiro atoms. The second-order valence-corrected chi connectivity index (χ2v) is 10.7. The van der Waals surface area contributed by atoms with Gasteiger partial charge in [-0.3, -0.25) is 0 Å². The first kappa shape index (κ1) is 25.3. The van der Waals surface area contributed by atoms with Crippen LogP contribution in [0.15, 0.2) is 34.1 Å². The van der Waals surface area contributed by atoms with Gasteiger partial charge in [0.15, 0.2) is 0 Å². The summed E-state index contributed by atoms with van der Waals surface area (Å²) < 4.78 is 53.3. The summed E-state index contributed by atoms with van der Waals surface area (Å²) in [5.74, 6) is 0. The lowest BCUT2D eigenvalue weighted by molar-refractivity contribution is 0.292. The van der Waals surface area contributed by atoms with E-state index in [0.29, 0.717) is 19.6 Å². The van der Waals surface area contributed by atoms with Crippen molar-refractivity contribution in [1.82, 2.24) is 8.61 Å². The van der Waals surface area contributed by atoms with Crippen LogP contribution in [-0.2, 0) is 20.0 Å². The molecule has 0 aromatic heterocycles. The van der Waals surface area contributed by atoms with Gasteiger partial charge >= 0.3 is 0 Å². The topological polar surface area (TPSA) is 101 Å². The summed E-state index contributed by atoms with van der Waals surface area (Å²) in [7, 11) is -6.06. The van der Waals surface area contributed by atoms with Crippen LogP contribution in [-0.4, -0.2) is 58.7 Å². The Labute approximate surface area is 164 Å². The maximum Gasteiger partial charge on any atom is 0.243 e. The van der Waals surface area contributed by atoms with Gasteiger partial charge in [0.1, 0.15) is 0 Å². The molecule has 10 heteroatoms. The Bertz CT molecular complexity index is 791. The zero-order chi connectivity index (χ0) is 19.5. The van der Waals surface area contributed by atoms with Crippen LogP contribution in [0.25, 0.3) is 0 Å². The number of hydrogen-bond acceptors (Lipinski definition) is 5. The van der Waals surface area contributed by atoms with Crippen molar-refractivity contribution in [3.63, 3.8) is 0 Å². The molecule has 0 aliphatic heterocycles. The standard InChI is InChI=1S/C16H29N3O4S2.ClH/c1-6-19(7-2)25(22,23)15-10-8-9-14(11-15)24(20,21)18(5)13-16(3,4)12-17;/h8-11H,6-7,12-13,17H2,1-5H3;1H. The first-order valence-corrected chi connectivity index (χ1v) is 11.1. The smallest absolute Gasteiger partial charge is 0.243 e. The third-order valence-electron chi connectivity index (χ3n) is 4.06. The summed E-state index contributed by atoms with van der Waals surface area (Å²) in [6.45, 7) is 8.44. The van der Waals surface area contributed by atoms with Crippen molar-refractivity contribution in [2.45, 2.75) is 37.5 Å². The number of sulfonamides is 2. The Kier molecular flexibility index (Phi) is 9.22. The van der Waals surface area contributed by atoms with E-state index in [4.69, 9.17) is 5.73 Å². The van der Waals surface area contributed by atoms with Gasteiger partial charge in [0.2, 0.25) is 20.0 Å². The van der Waals surface area contributed by atoms with Crippen molar-refractivity contribution in [3.05, 3.63) is 24.3 Å². The van der Waals surface area contributed by atoms with Crippen LogP contribution in [0.1, 0.15) is 27.7 Å². The van der Waals surface area contributed by atoms with Gasteiger partial charge in [0.25, 0.3) is 0 Å². The second kappa shape index (κ2) is 9.48. The van der Waals surface area contributed by atoms with Crippen molar-refractivity contribution in [1.29, 1.82) is 0 Å². The van der Waals surface area contributed by atoms with Gasteiger partial charge in [-0.2, -0.15) is 4.31 Å².